The summed E-state index contributed by atoms with van der Waals surface area (Å²) >= 11 is 2.09. The molecule has 2 N–H and O–H groups in total. The fraction of sp³-hybridized carbons (Fsp3) is 0.438. The van der Waals surface area contributed by atoms with Gasteiger partial charge in [-0.15, -0.1) is 0 Å². The van der Waals surface area contributed by atoms with Crippen molar-refractivity contribution < 1.29 is 0 Å². The first kappa shape index (κ1) is 13.7. The molecule has 1 aliphatic rings. The summed E-state index contributed by atoms with van der Waals surface area (Å²) in [6.07, 6.45) is 4.65. The van der Waals surface area contributed by atoms with Gasteiger partial charge >= 0.3 is 0 Å². The van der Waals surface area contributed by atoms with Crippen LogP contribution in [-0.2, 0) is 6.54 Å². The predicted octanol–water partition coefficient (Wildman–Crippen LogP) is 3.31. The molecule has 2 aromatic rings. The fourth-order valence-electron chi connectivity index (χ4n) is 2.66. The van der Waals surface area contributed by atoms with E-state index in [1.54, 1.807) is 0 Å². The van der Waals surface area contributed by atoms with Gasteiger partial charge in [-0.1, -0.05) is 30.3 Å². The van der Waals surface area contributed by atoms with Crippen molar-refractivity contribution in [2.75, 3.05) is 18.1 Å². The topological polar surface area (TPSA) is 40.7 Å². The number of hydrogen-bond acceptors (Lipinski definition) is 3. The Labute approximate surface area is 124 Å². The first-order chi connectivity index (χ1) is 9.93. The van der Waals surface area contributed by atoms with Crippen LogP contribution in [0.25, 0.3) is 11.3 Å². The number of benzene rings is 1. The molecule has 0 atom stereocenters. The second kappa shape index (κ2) is 6.95. The van der Waals surface area contributed by atoms with Gasteiger partial charge in [0, 0.05) is 12.1 Å². The van der Waals surface area contributed by atoms with Crippen LogP contribution in [-0.4, -0.2) is 28.2 Å². The maximum atomic E-state index is 4.20. The van der Waals surface area contributed by atoms with E-state index in [2.05, 4.69) is 51.5 Å². The summed E-state index contributed by atoms with van der Waals surface area (Å²) in [6.45, 7) is 2.02. The summed E-state index contributed by atoms with van der Waals surface area (Å²) in [5.74, 6) is 3.50. The fourth-order valence-corrected chi connectivity index (χ4v) is 3.87. The normalized spacial score (nSPS) is 16.4. The Bertz CT molecular complexity index is 518. The zero-order valence-electron chi connectivity index (χ0n) is 11.6. The van der Waals surface area contributed by atoms with E-state index >= 15 is 0 Å². The first-order valence-electron chi connectivity index (χ1n) is 7.29. The molecule has 1 fully saturated rings. The SMILES string of the molecule is c1ccc(-c2[nH]ncc2CNCC2CCSCC2)cc1. The molecule has 0 spiro atoms. The van der Waals surface area contributed by atoms with Crippen molar-refractivity contribution in [3.05, 3.63) is 42.1 Å². The molecular weight excluding hydrogens is 266 g/mol. The molecule has 106 valence electrons. The smallest absolute Gasteiger partial charge is 0.0695 e. The Kier molecular flexibility index (Phi) is 4.77. The summed E-state index contributed by atoms with van der Waals surface area (Å²) in [5.41, 5.74) is 3.59. The Morgan fingerprint density at radius 1 is 1.20 bits per heavy atom. The lowest BCUT2D eigenvalue weighted by Crippen LogP contribution is -2.25. The minimum absolute atomic E-state index is 0.850. The molecule has 0 bridgehead atoms. The van der Waals surface area contributed by atoms with E-state index in [1.807, 2.05) is 12.3 Å². The molecular formula is C16H21N3S. The molecule has 0 radical (unpaired) electrons. The van der Waals surface area contributed by atoms with E-state index in [1.165, 1.54) is 35.5 Å². The summed E-state index contributed by atoms with van der Waals surface area (Å²) in [7, 11) is 0. The highest BCUT2D eigenvalue weighted by Crippen LogP contribution is 2.23. The maximum Gasteiger partial charge on any atom is 0.0695 e. The Morgan fingerprint density at radius 3 is 2.80 bits per heavy atom. The van der Waals surface area contributed by atoms with Crippen molar-refractivity contribution in [1.82, 2.24) is 15.5 Å². The number of hydrogen-bond donors (Lipinski definition) is 2. The molecule has 0 saturated carbocycles. The highest BCUT2D eigenvalue weighted by molar-refractivity contribution is 7.99. The molecule has 4 heteroatoms. The zero-order chi connectivity index (χ0) is 13.6. The molecule has 3 nitrogen and oxygen atoms in total. The third-order valence-corrected chi connectivity index (χ3v) is 4.92. The summed E-state index contributed by atoms with van der Waals surface area (Å²) in [6, 6.07) is 10.4. The van der Waals surface area contributed by atoms with Crippen molar-refractivity contribution >= 4 is 11.8 Å². The third kappa shape index (κ3) is 3.44. The van der Waals surface area contributed by atoms with Gasteiger partial charge in [-0.3, -0.25) is 5.10 Å². The van der Waals surface area contributed by atoms with Crippen LogP contribution >= 0.6 is 11.8 Å². The van der Waals surface area contributed by atoms with Crippen LogP contribution in [0.4, 0.5) is 0 Å². The minimum Gasteiger partial charge on any atom is -0.312 e. The van der Waals surface area contributed by atoms with Gasteiger partial charge in [0.05, 0.1) is 11.9 Å². The van der Waals surface area contributed by atoms with Crippen molar-refractivity contribution in [3.8, 4) is 11.3 Å². The molecule has 1 aliphatic heterocycles. The number of aromatic nitrogens is 2. The van der Waals surface area contributed by atoms with Crippen LogP contribution < -0.4 is 5.32 Å². The van der Waals surface area contributed by atoms with Gasteiger partial charge in [-0.25, -0.2) is 0 Å². The van der Waals surface area contributed by atoms with Crippen LogP contribution in [0.15, 0.2) is 36.5 Å². The molecule has 20 heavy (non-hydrogen) atoms. The van der Waals surface area contributed by atoms with Crippen molar-refractivity contribution in [3.63, 3.8) is 0 Å². The van der Waals surface area contributed by atoms with E-state index in [-0.39, 0.29) is 0 Å². The van der Waals surface area contributed by atoms with Gasteiger partial charge in [0.2, 0.25) is 0 Å². The molecule has 0 aliphatic carbocycles. The zero-order valence-corrected chi connectivity index (χ0v) is 12.5. The van der Waals surface area contributed by atoms with Gasteiger partial charge in [0.25, 0.3) is 0 Å². The Balaban J connectivity index is 1.57. The second-order valence-electron chi connectivity index (χ2n) is 5.32. The number of aromatic amines is 1. The van der Waals surface area contributed by atoms with Crippen molar-refractivity contribution in [1.29, 1.82) is 0 Å². The molecule has 2 heterocycles. The van der Waals surface area contributed by atoms with E-state index in [0.717, 1.165) is 24.7 Å². The van der Waals surface area contributed by atoms with Crippen LogP contribution in [0.5, 0.6) is 0 Å². The predicted molar refractivity (Wildman–Crippen MR) is 85.8 cm³/mol. The average molecular weight is 287 g/mol. The van der Waals surface area contributed by atoms with Crippen molar-refractivity contribution in [2.24, 2.45) is 5.92 Å². The molecule has 1 saturated heterocycles. The third-order valence-electron chi connectivity index (χ3n) is 3.87. The lowest BCUT2D eigenvalue weighted by atomic mass is 10.0. The average Bonchev–Trinajstić information content (AvgIpc) is 2.98. The monoisotopic (exact) mass is 287 g/mol. The standard InChI is InChI=1S/C16H21N3S/c1-2-4-14(5-3-1)16-15(12-18-19-16)11-17-10-13-6-8-20-9-7-13/h1-5,12-13,17H,6-11H2,(H,18,19). The molecule has 1 aromatic carbocycles. The Hall–Kier alpha value is -1.26. The van der Waals surface area contributed by atoms with Gasteiger partial charge in [0.15, 0.2) is 0 Å². The first-order valence-corrected chi connectivity index (χ1v) is 8.45. The van der Waals surface area contributed by atoms with E-state index in [4.69, 9.17) is 0 Å². The van der Waals surface area contributed by atoms with Crippen molar-refractivity contribution in [2.45, 2.75) is 19.4 Å². The number of rotatable bonds is 5. The van der Waals surface area contributed by atoms with Crippen LogP contribution in [0.1, 0.15) is 18.4 Å². The largest absolute Gasteiger partial charge is 0.312 e. The summed E-state index contributed by atoms with van der Waals surface area (Å²) < 4.78 is 0. The number of nitrogens with one attached hydrogen (secondary N) is 2. The second-order valence-corrected chi connectivity index (χ2v) is 6.55. The van der Waals surface area contributed by atoms with Gasteiger partial charge in [-0.2, -0.15) is 16.9 Å². The summed E-state index contributed by atoms with van der Waals surface area (Å²) in [4.78, 5) is 0. The van der Waals surface area contributed by atoms with Crippen LogP contribution in [0, 0.1) is 5.92 Å². The molecule has 0 unspecified atom stereocenters. The number of nitrogens with zero attached hydrogens (tertiary/aromatic N) is 1. The molecule has 3 rings (SSSR count). The summed E-state index contributed by atoms with van der Waals surface area (Å²) in [5, 5.41) is 10.9. The lowest BCUT2D eigenvalue weighted by molar-refractivity contribution is 0.448. The number of H-pyrrole nitrogens is 1. The number of thioether (sulfide) groups is 1. The Morgan fingerprint density at radius 2 is 2.00 bits per heavy atom. The van der Waals surface area contributed by atoms with E-state index < -0.39 is 0 Å². The lowest BCUT2D eigenvalue weighted by Gasteiger charge is -2.21. The minimum atomic E-state index is 0.850. The highest BCUT2D eigenvalue weighted by Gasteiger charge is 2.13. The van der Waals surface area contributed by atoms with Crippen LogP contribution in [0.3, 0.4) is 0 Å². The van der Waals surface area contributed by atoms with Crippen LogP contribution in [0.2, 0.25) is 0 Å². The van der Waals surface area contributed by atoms with E-state index in [0.29, 0.717) is 0 Å². The molecule has 0 amide bonds. The quantitative estimate of drug-likeness (QED) is 0.886. The molecule has 1 aromatic heterocycles. The van der Waals surface area contributed by atoms with E-state index in [9.17, 15) is 0 Å². The van der Waals surface area contributed by atoms with Gasteiger partial charge in [-0.05, 0) is 42.4 Å². The maximum absolute atomic E-state index is 4.20. The van der Waals surface area contributed by atoms with Gasteiger partial charge in [0.1, 0.15) is 0 Å². The highest BCUT2D eigenvalue weighted by atomic mass is 32.2. The van der Waals surface area contributed by atoms with Gasteiger partial charge < -0.3 is 5.32 Å².